The monoisotopic (exact) mass is 467 g/mol. The van der Waals surface area contributed by atoms with Crippen LogP contribution in [0.5, 0.6) is 0 Å². The Balaban J connectivity index is 1.36. The molecule has 6 rings (SSSR count). The highest BCUT2D eigenvalue weighted by Gasteiger charge is 2.56. The molecule has 4 unspecified atom stereocenters. The lowest BCUT2D eigenvalue weighted by atomic mass is 9.48. The van der Waals surface area contributed by atoms with Gasteiger partial charge in [0.15, 0.2) is 0 Å². The van der Waals surface area contributed by atoms with E-state index in [1.54, 1.807) is 0 Å². The van der Waals surface area contributed by atoms with E-state index in [9.17, 15) is 4.79 Å². The van der Waals surface area contributed by atoms with Crippen molar-refractivity contribution in [2.45, 2.75) is 78.4 Å². The number of nitriles is 1. The molecular weight excluding hydrogens is 426 g/mol. The molecule has 0 spiro atoms. The fourth-order valence-electron chi connectivity index (χ4n) is 7.77. The van der Waals surface area contributed by atoms with E-state index in [4.69, 9.17) is 15.1 Å². The Morgan fingerprint density at radius 3 is 2.53 bits per heavy atom. The zero-order chi connectivity index (χ0) is 24.1. The normalized spacial score (nSPS) is 41.9. The van der Waals surface area contributed by atoms with Crippen LogP contribution < -0.4 is 5.32 Å². The lowest BCUT2D eigenvalue weighted by Crippen LogP contribution is -2.64. The van der Waals surface area contributed by atoms with Gasteiger partial charge in [-0.1, -0.05) is 26.8 Å². The molecule has 4 aliphatic carbocycles. The zero-order valence-corrected chi connectivity index (χ0v) is 21.3. The van der Waals surface area contributed by atoms with Crippen LogP contribution in [0.25, 0.3) is 0 Å². The van der Waals surface area contributed by atoms with E-state index in [1.807, 2.05) is 30.4 Å². The minimum absolute atomic E-state index is 0.0996. The van der Waals surface area contributed by atoms with Gasteiger partial charge >= 0.3 is 0 Å². The molecule has 0 aromatic heterocycles. The summed E-state index contributed by atoms with van der Waals surface area (Å²) in [6.07, 6.45) is 12.5. The van der Waals surface area contributed by atoms with Gasteiger partial charge in [-0.25, -0.2) is 0 Å². The van der Waals surface area contributed by atoms with E-state index >= 15 is 0 Å². The molecule has 1 saturated heterocycles. The second-order valence-corrected chi connectivity index (χ2v) is 12.8. The van der Waals surface area contributed by atoms with Gasteiger partial charge in [0.1, 0.15) is 11.6 Å². The van der Waals surface area contributed by atoms with Gasteiger partial charge in [-0.2, -0.15) is 10.4 Å². The molecule has 0 radical (unpaired) electrons. The van der Waals surface area contributed by atoms with Crippen molar-refractivity contribution < 1.29 is 9.53 Å². The van der Waals surface area contributed by atoms with Gasteiger partial charge < -0.3 is 10.1 Å². The molecule has 4 bridgehead atoms. The molecule has 2 heterocycles. The zero-order valence-electron chi connectivity index (χ0n) is 21.3. The van der Waals surface area contributed by atoms with Gasteiger partial charge in [-0.05, 0) is 67.6 Å². The fraction of sp³-hybridized carbons (Fsp3) is 0.815. The minimum Gasteiger partial charge on any atom is -0.379 e. The van der Waals surface area contributed by atoms with E-state index in [-0.39, 0.29) is 17.5 Å². The van der Waals surface area contributed by atoms with Crippen molar-refractivity contribution in [2.24, 2.45) is 39.1 Å². The van der Waals surface area contributed by atoms with Crippen molar-refractivity contribution in [3.8, 4) is 6.07 Å². The topological polar surface area (TPSA) is 81.0 Å². The number of ether oxygens (including phenoxy) is 1. The van der Waals surface area contributed by atoms with Gasteiger partial charge in [-0.3, -0.25) is 14.7 Å². The molecule has 1 amide bonds. The summed E-state index contributed by atoms with van der Waals surface area (Å²) in [6.45, 7) is 11.5. The quantitative estimate of drug-likeness (QED) is 0.644. The molecule has 186 valence electrons. The average Bonchev–Trinajstić information content (AvgIpc) is 3.12. The van der Waals surface area contributed by atoms with Crippen LogP contribution in [0.1, 0.15) is 66.2 Å². The van der Waals surface area contributed by atoms with Crippen LogP contribution in [0.15, 0.2) is 17.4 Å². The first-order valence-electron chi connectivity index (χ1n) is 13.2. The first-order valence-corrected chi connectivity index (χ1v) is 13.2. The SMILES string of the molecule is CC(C)(/C=C/N1N=CC(C)(C(=O)NC2C3CC4CC2CC(C)(C4)C3)C1N1CCOCC1)CC#N. The largest absolute Gasteiger partial charge is 0.379 e. The second kappa shape index (κ2) is 8.64. The second-order valence-electron chi connectivity index (χ2n) is 12.8. The van der Waals surface area contributed by atoms with Crippen molar-refractivity contribution in [3.63, 3.8) is 0 Å². The number of nitrogens with zero attached hydrogens (tertiary/aromatic N) is 4. The van der Waals surface area contributed by atoms with Gasteiger partial charge in [-0.15, -0.1) is 0 Å². The van der Waals surface area contributed by atoms with Gasteiger partial charge in [0.05, 0.1) is 19.3 Å². The molecule has 4 saturated carbocycles. The Bertz CT molecular complexity index is 885. The van der Waals surface area contributed by atoms with E-state index in [1.165, 1.54) is 32.1 Å². The van der Waals surface area contributed by atoms with Crippen LogP contribution in [0, 0.1) is 45.3 Å². The number of hydrogen-bond acceptors (Lipinski definition) is 6. The van der Waals surface area contributed by atoms with Gasteiger partial charge in [0.2, 0.25) is 5.91 Å². The van der Waals surface area contributed by atoms with Crippen LogP contribution in [0.2, 0.25) is 0 Å². The molecule has 0 aromatic rings. The molecule has 7 nitrogen and oxygen atoms in total. The van der Waals surface area contributed by atoms with Crippen LogP contribution in [0.3, 0.4) is 0 Å². The van der Waals surface area contributed by atoms with Crippen LogP contribution in [0.4, 0.5) is 0 Å². The van der Waals surface area contributed by atoms with Crippen molar-refractivity contribution in [3.05, 3.63) is 12.3 Å². The number of carbonyl (C=O) groups is 1. The number of carbonyl (C=O) groups excluding carboxylic acids is 1. The first-order chi connectivity index (χ1) is 16.1. The number of nitrogens with one attached hydrogen (secondary N) is 1. The Hall–Kier alpha value is -1.91. The van der Waals surface area contributed by atoms with Crippen LogP contribution in [-0.4, -0.2) is 60.5 Å². The molecule has 6 aliphatic rings. The number of hydrazone groups is 1. The van der Waals surface area contributed by atoms with E-state index < -0.39 is 5.41 Å². The number of allylic oxidation sites excluding steroid dienone is 1. The summed E-state index contributed by atoms with van der Waals surface area (Å²) in [5, 5.41) is 19.4. The van der Waals surface area contributed by atoms with Crippen molar-refractivity contribution in [2.75, 3.05) is 26.3 Å². The number of rotatable bonds is 6. The predicted octanol–water partition coefficient (Wildman–Crippen LogP) is 3.74. The first kappa shape index (κ1) is 23.8. The molecular formula is C27H41N5O2. The third kappa shape index (κ3) is 4.28. The van der Waals surface area contributed by atoms with Gasteiger partial charge in [0, 0.05) is 38.0 Å². The Labute approximate surface area is 204 Å². The lowest BCUT2D eigenvalue weighted by molar-refractivity contribution is -0.139. The highest BCUT2D eigenvalue weighted by molar-refractivity contribution is 6.00. The summed E-state index contributed by atoms with van der Waals surface area (Å²) in [4.78, 5) is 16.3. The molecule has 7 heteroatoms. The molecule has 34 heavy (non-hydrogen) atoms. The smallest absolute Gasteiger partial charge is 0.235 e. The van der Waals surface area contributed by atoms with Gasteiger partial charge in [0.25, 0.3) is 0 Å². The maximum Gasteiger partial charge on any atom is 0.235 e. The molecule has 0 aromatic carbocycles. The fourth-order valence-corrected chi connectivity index (χ4v) is 7.77. The summed E-state index contributed by atoms with van der Waals surface area (Å²) in [5.41, 5.74) is -0.512. The third-order valence-corrected chi connectivity index (χ3v) is 9.22. The summed E-state index contributed by atoms with van der Waals surface area (Å²) in [7, 11) is 0. The summed E-state index contributed by atoms with van der Waals surface area (Å²) in [6, 6.07) is 2.56. The average molecular weight is 468 g/mol. The van der Waals surface area contributed by atoms with Crippen molar-refractivity contribution >= 4 is 12.1 Å². The van der Waals surface area contributed by atoms with E-state index in [0.29, 0.717) is 42.9 Å². The van der Waals surface area contributed by atoms with Crippen molar-refractivity contribution in [1.29, 1.82) is 5.26 Å². The summed E-state index contributed by atoms with van der Waals surface area (Å²) in [5.74, 6) is 2.19. The van der Waals surface area contributed by atoms with E-state index in [0.717, 1.165) is 19.0 Å². The highest BCUT2D eigenvalue weighted by Crippen LogP contribution is 2.59. The number of morpholine rings is 1. The lowest BCUT2D eigenvalue weighted by Gasteiger charge is -2.59. The predicted molar refractivity (Wildman–Crippen MR) is 131 cm³/mol. The highest BCUT2D eigenvalue weighted by atomic mass is 16.5. The third-order valence-electron chi connectivity index (χ3n) is 9.22. The Morgan fingerprint density at radius 1 is 1.24 bits per heavy atom. The van der Waals surface area contributed by atoms with E-state index in [2.05, 4.69) is 37.1 Å². The molecule has 1 N–H and O–H groups in total. The maximum absolute atomic E-state index is 14.0. The number of hydrogen-bond donors (Lipinski definition) is 1. The Kier molecular flexibility index (Phi) is 6.05. The minimum atomic E-state index is -0.750. The van der Waals surface area contributed by atoms with Crippen LogP contribution >= 0.6 is 0 Å². The molecule has 5 fully saturated rings. The number of amides is 1. The Morgan fingerprint density at radius 2 is 1.91 bits per heavy atom. The molecule has 4 atom stereocenters. The summed E-state index contributed by atoms with van der Waals surface area (Å²) < 4.78 is 5.61. The van der Waals surface area contributed by atoms with Crippen LogP contribution in [-0.2, 0) is 9.53 Å². The standard InChI is InChI=1S/C27H41N5O2/c1-25(2,5-7-28)6-8-32-24(31-9-11-34-12-10-31)27(4,18-29-32)23(33)30-22-20-13-19-14-21(22)17-26(3,15-19)16-20/h6,8,18-22,24H,5,9-17H2,1-4H3,(H,30,33)/b8-6+. The maximum atomic E-state index is 14.0. The van der Waals surface area contributed by atoms with Crippen molar-refractivity contribution in [1.82, 2.24) is 15.2 Å². The summed E-state index contributed by atoms with van der Waals surface area (Å²) >= 11 is 0. The molecule has 2 aliphatic heterocycles.